The van der Waals surface area contributed by atoms with E-state index in [1.54, 1.807) is 0 Å². The van der Waals surface area contributed by atoms with Crippen molar-refractivity contribution < 1.29 is 9.18 Å². The number of aryl methyl sites for hydroxylation is 3. The normalized spacial score (nSPS) is 10.6. The van der Waals surface area contributed by atoms with Gasteiger partial charge in [0.2, 0.25) is 0 Å². The van der Waals surface area contributed by atoms with Gasteiger partial charge >= 0.3 is 0 Å². The van der Waals surface area contributed by atoms with Crippen LogP contribution in [0.5, 0.6) is 0 Å². The first-order chi connectivity index (χ1) is 9.47. The van der Waals surface area contributed by atoms with Gasteiger partial charge in [0.1, 0.15) is 5.82 Å². The fourth-order valence-electron chi connectivity index (χ4n) is 2.17. The van der Waals surface area contributed by atoms with Crippen molar-refractivity contribution in [1.29, 1.82) is 0 Å². The van der Waals surface area contributed by atoms with E-state index < -0.39 is 5.82 Å². The summed E-state index contributed by atoms with van der Waals surface area (Å²) < 4.78 is 13.0. The molecule has 0 bridgehead atoms. The zero-order chi connectivity index (χ0) is 14.7. The van der Waals surface area contributed by atoms with Crippen LogP contribution in [-0.4, -0.2) is 5.78 Å². The molecule has 2 aromatic carbocycles. The SMILES string of the molecule is Cc1ccc(C)c(CCC(=O)c2ccc(F)cc2Cl)c1. The molecule has 0 saturated carbocycles. The molecule has 2 rings (SSSR count). The molecule has 0 radical (unpaired) electrons. The molecule has 0 aliphatic carbocycles. The highest BCUT2D eigenvalue weighted by atomic mass is 35.5. The van der Waals surface area contributed by atoms with Crippen LogP contribution >= 0.6 is 11.6 Å². The lowest BCUT2D eigenvalue weighted by Crippen LogP contribution is -2.03. The molecule has 1 nitrogen and oxygen atoms in total. The van der Waals surface area contributed by atoms with Gasteiger partial charge in [-0.15, -0.1) is 0 Å². The minimum absolute atomic E-state index is 0.0593. The lowest BCUT2D eigenvalue weighted by atomic mass is 9.98. The van der Waals surface area contributed by atoms with E-state index in [9.17, 15) is 9.18 Å². The molecule has 0 aliphatic rings. The van der Waals surface area contributed by atoms with E-state index in [2.05, 4.69) is 18.2 Å². The molecule has 0 spiro atoms. The molecule has 0 saturated heterocycles. The Morgan fingerprint density at radius 3 is 2.60 bits per heavy atom. The Balaban J connectivity index is 2.10. The van der Waals surface area contributed by atoms with Crippen LogP contribution in [0.25, 0.3) is 0 Å². The zero-order valence-electron chi connectivity index (χ0n) is 11.5. The topological polar surface area (TPSA) is 17.1 Å². The summed E-state index contributed by atoms with van der Waals surface area (Å²) in [5.74, 6) is -0.489. The van der Waals surface area contributed by atoms with E-state index in [1.807, 2.05) is 13.8 Å². The number of Topliss-reactive ketones (excluding diaryl/α,β-unsaturated/α-hetero) is 1. The van der Waals surface area contributed by atoms with Crippen LogP contribution in [0.1, 0.15) is 33.5 Å². The van der Waals surface area contributed by atoms with Gasteiger partial charge in [-0.05, 0) is 49.6 Å². The molecule has 20 heavy (non-hydrogen) atoms. The molecule has 0 unspecified atom stereocenters. The number of halogens is 2. The minimum Gasteiger partial charge on any atom is -0.294 e. The third kappa shape index (κ3) is 3.45. The van der Waals surface area contributed by atoms with Crippen molar-refractivity contribution in [2.75, 3.05) is 0 Å². The van der Waals surface area contributed by atoms with E-state index in [0.717, 1.165) is 5.56 Å². The average molecular weight is 291 g/mol. The van der Waals surface area contributed by atoms with Crippen molar-refractivity contribution in [2.24, 2.45) is 0 Å². The summed E-state index contributed by atoms with van der Waals surface area (Å²) in [4.78, 5) is 12.1. The minimum atomic E-state index is -0.430. The van der Waals surface area contributed by atoms with Crippen LogP contribution in [0.4, 0.5) is 4.39 Å². The van der Waals surface area contributed by atoms with Crippen molar-refractivity contribution in [2.45, 2.75) is 26.7 Å². The van der Waals surface area contributed by atoms with Crippen molar-refractivity contribution in [1.82, 2.24) is 0 Å². The molecule has 0 aliphatic heterocycles. The third-order valence-corrected chi connectivity index (χ3v) is 3.67. The second-order valence-corrected chi connectivity index (χ2v) is 5.38. The molecular weight excluding hydrogens is 275 g/mol. The first-order valence-electron chi connectivity index (χ1n) is 6.52. The Morgan fingerprint density at radius 2 is 1.90 bits per heavy atom. The van der Waals surface area contributed by atoms with E-state index in [0.29, 0.717) is 18.4 Å². The second kappa shape index (κ2) is 6.19. The Bertz CT molecular complexity index is 649. The molecule has 0 amide bonds. The predicted molar refractivity (Wildman–Crippen MR) is 80.0 cm³/mol. The fraction of sp³-hybridized carbons (Fsp3) is 0.235. The maximum atomic E-state index is 13.0. The van der Waals surface area contributed by atoms with Crippen molar-refractivity contribution in [3.63, 3.8) is 0 Å². The summed E-state index contributed by atoms with van der Waals surface area (Å²) in [5.41, 5.74) is 3.90. The molecule has 0 heterocycles. The van der Waals surface area contributed by atoms with Gasteiger partial charge in [-0.25, -0.2) is 4.39 Å². The Hall–Kier alpha value is -1.67. The van der Waals surface area contributed by atoms with Crippen LogP contribution in [0.15, 0.2) is 36.4 Å². The predicted octanol–water partition coefficient (Wildman–Crippen LogP) is 4.91. The van der Waals surface area contributed by atoms with Gasteiger partial charge in [0.25, 0.3) is 0 Å². The highest BCUT2D eigenvalue weighted by Gasteiger charge is 2.12. The largest absolute Gasteiger partial charge is 0.294 e. The smallest absolute Gasteiger partial charge is 0.164 e. The number of ketones is 1. The number of benzene rings is 2. The van der Waals surface area contributed by atoms with Crippen molar-refractivity contribution in [3.05, 3.63) is 69.5 Å². The maximum Gasteiger partial charge on any atom is 0.164 e. The van der Waals surface area contributed by atoms with E-state index in [-0.39, 0.29) is 10.8 Å². The number of carbonyl (C=O) groups excluding carboxylic acids is 1. The molecule has 2 aromatic rings. The first-order valence-corrected chi connectivity index (χ1v) is 6.89. The van der Waals surface area contributed by atoms with Crippen LogP contribution in [0.2, 0.25) is 5.02 Å². The van der Waals surface area contributed by atoms with E-state index in [4.69, 9.17) is 11.6 Å². The highest BCUT2D eigenvalue weighted by Crippen LogP contribution is 2.20. The molecule has 0 fully saturated rings. The molecular formula is C17H16ClFO. The van der Waals surface area contributed by atoms with E-state index >= 15 is 0 Å². The average Bonchev–Trinajstić information content (AvgIpc) is 2.39. The third-order valence-electron chi connectivity index (χ3n) is 3.36. The van der Waals surface area contributed by atoms with Gasteiger partial charge in [0.05, 0.1) is 5.02 Å². The summed E-state index contributed by atoms with van der Waals surface area (Å²) in [6, 6.07) is 10.1. The highest BCUT2D eigenvalue weighted by molar-refractivity contribution is 6.33. The maximum absolute atomic E-state index is 13.0. The summed E-state index contributed by atoms with van der Waals surface area (Å²) in [5, 5.41) is 0.177. The summed E-state index contributed by atoms with van der Waals surface area (Å²) in [7, 11) is 0. The number of hydrogen-bond acceptors (Lipinski definition) is 1. The molecule has 0 atom stereocenters. The van der Waals surface area contributed by atoms with Gasteiger partial charge in [0, 0.05) is 12.0 Å². The van der Waals surface area contributed by atoms with E-state index in [1.165, 1.54) is 29.3 Å². The van der Waals surface area contributed by atoms with Crippen molar-refractivity contribution >= 4 is 17.4 Å². The fourth-order valence-corrected chi connectivity index (χ4v) is 2.44. The van der Waals surface area contributed by atoms with Gasteiger partial charge in [-0.3, -0.25) is 4.79 Å². The van der Waals surface area contributed by atoms with Gasteiger partial charge in [-0.1, -0.05) is 35.4 Å². The quantitative estimate of drug-likeness (QED) is 0.731. The molecule has 3 heteroatoms. The van der Waals surface area contributed by atoms with Gasteiger partial charge in [-0.2, -0.15) is 0 Å². The Labute approximate surface area is 123 Å². The van der Waals surface area contributed by atoms with Crippen LogP contribution in [0.3, 0.4) is 0 Å². The number of hydrogen-bond donors (Lipinski definition) is 0. The van der Waals surface area contributed by atoms with Crippen LogP contribution in [0, 0.1) is 19.7 Å². The monoisotopic (exact) mass is 290 g/mol. The van der Waals surface area contributed by atoms with Gasteiger partial charge in [0.15, 0.2) is 5.78 Å². The zero-order valence-corrected chi connectivity index (χ0v) is 12.3. The van der Waals surface area contributed by atoms with Crippen LogP contribution < -0.4 is 0 Å². The second-order valence-electron chi connectivity index (χ2n) is 4.98. The molecule has 0 aromatic heterocycles. The summed E-state index contributed by atoms with van der Waals surface area (Å²) >= 11 is 5.90. The first kappa shape index (κ1) is 14.7. The number of rotatable bonds is 4. The lowest BCUT2D eigenvalue weighted by Gasteiger charge is -2.07. The summed E-state index contributed by atoms with van der Waals surface area (Å²) in [6.45, 7) is 4.06. The summed E-state index contributed by atoms with van der Waals surface area (Å²) in [6.07, 6.45) is 1.04. The molecule has 0 N–H and O–H groups in total. The Morgan fingerprint density at radius 1 is 1.15 bits per heavy atom. The van der Waals surface area contributed by atoms with Crippen LogP contribution in [-0.2, 0) is 6.42 Å². The van der Waals surface area contributed by atoms with Crippen molar-refractivity contribution in [3.8, 4) is 0 Å². The lowest BCUT2D eigenvalue weighted by molar-refractivity contribution is 0.0983. The number of carbonyl (C=O) groups is 1. The Kier molecular flexibility index (Phi) is 4.56. The molecule has 104 valence electrons. The van der Waals surface area contributed by atoms with Gasteiger partial charge < -0.3 is 0 Å². The standard InChI is InChI=1S/C17H16ClFO/c1-11-3-4-12(2)13(9-11)5-8-17(20)15-7-6-14(19)10-16(15)18/h3-4,6-7,9-10H,5,8H2,1-2H3.